The number of piperidine rings is 1. The molecule has 1 aliphatic heterocycles. The molecule has 1 heterocycles. The molecule has 3 heteroatoms. The van der Waals surface area contributed by atoms with Gasteiger partial charge in [-0.2, -0.15) is 0 Å². The number of nitrogens with one attached hydrogen (secondary N) is 1. The van der Waals surface area contributed by atoms with E-state index in [1.807, 2.05) is 7.11 Å². The largest absolute Gasteiger partial charge is 0.384 e. The van der Waals surface area contributed by atoms with Crippen LogP contribution in [0.5, 0.6) is 0 Å². The minimum absolute atomic E-state index is 0.226. The summed E-state index contributed by atoms with van der Waals surface area (Å²) in [6, 6.07) is 8.60. The van der Waals surface area contributed by atoms with E-state index < -0.39 is 0 Å². The molecule has 2 rings (SSSR count). The lowest BCUT2D eigenvalue weighted by Gasteiger charge is -2.47. The number of halogens is 1. The quantitative estimate of drug-likeness (QED) is 0.908. The van der Waals surface area contributed by atoms with Crippen molar-refractivity contribution < 1.29 is 4.74 Å². The van der Waals surface area contributed by atoms with Gasteiger partial charge in [-0.25, -0.2) is 0 Å². The lowest BCUT2D eigenvalue weighted by molar-refractivity contribution is -0.000186. The molecule has 106 valence electrons. The first-order chi connectivity index (χ1) is 9.12. The normalized spacial score (nSPS) is 27.7. The summed E-state index contributed by atoms with van der Waals surface area (Å²) >= 11 is 3.72. The minimum Gasteiger partial charge on any atom is -0.384 e. The van der Waals surface area contributed by atoms with Gasteiger partial charge in [0, 0.05) is 29.5 Å². The van der Waals surface area contributed by atoms with Crippen LogP contribution >= 0.6 is 15.9 Å². The number of rotatable bonds is 4. The number of methoxy groups -OCH3 is 1. The molecule has 0 aliphatic carbocycles. The molecule has 1 aliphatic rings. The first kappa shape index (κ1) is 15.0. The molecule has 1 saturated heterocycles. The summed E-state index contributed by atoms with van der Waals surface area (Å²) in [7, 11) is 1.82. The van der Waals surface area contributed by atoms with Gasteiger partial charge < -0.3 is 10.1 Å². The van der Waals surface area contributed by atoms with Crippen LogP contribution in [0.25, 0.3) is 0 Å². The minimum atomic E-state index is 0.226. The van der Waals surface area contributed by atoms with Crippen LogP contribution in [0.1, 0.15) is 31.7 Å². The van der Waals surface area contributed by atoms with E-state index in [-0.39, 0.29) is 5.41 Å². The highest BCUT2D eigenvalue weighted by molar-refractivity contribution is 9.10. The van der Waals surface area contributed by atoms with E-state index in [2.05, 4.69) is 59.4 Å². The van der Waals surface area contributed by atoms with Gasteiger partial charge in [0.25, 0.3) is 0 Å². The van der Waals surface area contributed by atoms with E-state index in [0.29, 0.717) is 11.8 Å². The Hall–Kier alpha value is -0.380. The molecule has 2 unspecified atom stereocenters. The Balaban J connectivity index is 2.42. The number of benzene rings is 1. The molecule has 0 bridgehead atoms. The third-order valence-corrected chi connectivity index (χ3v) is 5.38. The predicted molar refractivity (Wildman–Crippen MR) is 83.5 cm³/mol. The number of ether oxygens (including phenoxy) is 1. The summed E-state index contributed by atoms with van der Waals surface area (Å²) < 4.78 is 6.81. The second-order valence-electron chi connectivity index (χ2n) is 5.85. The first-order valence-electron chi connectivity index (χ1n) is 7.06. The second-order valence-corrected chi connectivity index (χ2v) is 6.70. The van der Waals surface area contributed by atoms with Gasteiger partial charge in [0.1, 0.15) is 0 Å². The highest BCUT2D eigenvalue weighted by atomic mass is 79.9. The zero-order valence-electron chi connectivity index (χ0n) is 12.1. The van der Waals surface area contributed by atoms with Crippen LogP contribution in [0.3, 0.4) is 0 Å². The van der Waals surface area contributed by atoms with E-state index >= 15 is 0 Å². The van der Waals surface area contributed by atoms with Crippen molar-refractivity contribution in [3.05, 3.63) is 34.3 Å². The van der Waals surface area contributed by atoms with Crippen molar-refractivity contribution in [1.82, 2.24) is 5.32 Å². The van der Waals surface area contributed by atoms with Gasteiger partial charge >= 0.3 is 0 Å². The zero-order chi connectivity index (χ0) is 13.9. The van der Waals surface area contributed by atoms with Crippen molar-refractivity contribution in [1.29, 1.82) is 0 Å². The van der Waals surface area contributed by atoms with Gasteiger partial charge in [0.15, 0.2) is 0 Å². The number of hydrogen-bond acceptors (Lipinski definition) is 2. The lowest BCUT2D eigenvalue weighted by atomic mass is 9.62. The molecule has 2 atom stereocenters. The maximum absolute atomic E-state index is 5.59. The Morgan fingerprint density at radius 2 is 2.16 bits per heavy atom. The fraction of sp³-hybridized carbons (Fsp3) is 0.625. The second kappa shape index (κ2) is 6.38. The molecular formula is C16H24BrNO. The van der Waals surface area contributed by atoms with Crippen LogP contribution in [0.2, 0.25) is 0 Å². The topological polar surface area (TPSA) is 21.3 Å². The highest BCUT2D eigenvalue weighted by Gasteiger charge is 2.44. The maximum atomic E-state index is 5.59. The van der Waals surface area contributed by atoms with E-state index in [4.69, 9.17) is 4.74 Å². The summed E-state index contributed by atoms with van der Waals surface area (Å²) in [6.45, 7) is 7.60. The van der Waals surface area contributed by atoms with Gasteiger partial charge in [-0.05, 0) is 30.5 Å². The van der Waals surface area contributed by atoms with Crippen LogP contribution < -0.4 is 5.32 Å². The predicted octanol–water partition coefficient (Wildman–Crippen LogP) is 3.81. The van der Waals surface area contributed by atoms with Crippen molar-refractivity contribution in [2.75, 3.05) is 26.8 Å². The smallest absolute Gasteiger partial charge is 0.0527 e. The van der Waals surface area contributed by atoms with Crippen molar-refractivity contribution in [3.63, 3.8) is 0 Å². The molecule has 0 radical (unpaired) electrons. The Kier molecular flexibility index (Phi) is 5.04. The molecule has 2 nitrogen and oxygen atoms in total. The van der Waals surface area contributed by atoms with Crippen LogP contribution in [0.4, 0.5) is 0 Å². The molecular weight excluding hydrogens is 302 g/mol. The van der Waals surface area contributed by atoms with Crippen LogP contribution in [0.15, 0.2) is 28.7 Å². The fourth-order valence-corrected chi connectivity index (χ4v) is 3.98. The molecule has 0 amide bonds. The molecule has 0 aromatic heterocycles. The highest BCUT2D eigenvalue weighted by Crippen LogP contribution is 2.48. The van der Waals surface area contributed by atoms with E-state index in [1.54, 1.807) is 0 Å². The summed E-state index contributed by atoms with van der Waals surface area (Å²) in [5.41, 5.74) is 1.63. The molecule has 19 heavy (non-hydrogen) atoms. The van der Waals surface area contributed by atoms with Crippen molar-refractivity contribution >= 4 is 15.9 Å². The van der Waals surface area contributed by atoms with Gasteiger partial charge in [-0.15, -0.1) is 0 Å². The zero-order valence-corrected chi connectivity index (χ0v) is 13.7. The Bertz CT molecular complexity index is 417. The van der Waals surface area contributed by atoms with Crippen molar-refractivity contribution in [3.8, 4) is 0 Å². The summed E-state index contributed by atoms with van der Waals surface area (Å²) in [6.07, 6.45) is 1.17. The van der Waals surface area contributed by atoms with Crippen LogP contribution in [0, 0.1) is 11.3 Å². The Morgan fingerprint density at radius 1 is 1.42 bits per heavy atom. The third kappa shape index (κ3) is 2.88. The Labute approximate surface area is 125 Å². The third-order valence-electron chi connectivity index (χ3n) is 4.65. The van der Waals surface area contributed by atoms with E-state index in [1.165, 1.54) is 16.5 Å². The summed E-state index contributed by atoms with van der Waals surface area (Å²) in [5, 5.41) is 3.55. The SMILES string of the molecule is COCC1(C(C)C)CCNCC1c1ccccc1Br. The summed E-state index contributed by atoms with van der Waals surface area (Å²) in [4.78, 5) is 0. The molecule has 0 spiro atoms. The molecule has 1 fully saturated rings. The maximum Gasteiger partial charge on any atom is 0.0527 e. The van der Waals surface area contributed by atoms with Gasteiger partial charge in [-0.1, -0.05) is 48.0 Å². The van der Waals surface area contributed by atoms with Gasteiger partial charge in [-0.3, -0.25) is 0 Å². The fourth-order valence-electron chi connectivity index (χ4n) is 3.42. The average molecular weight is 326 g/mol. The van der Waals surface area contributed by atoms with Gasteiger partial charge in [0.2, 0.25) is 0 Å². The molecule has 1 aromatic rings. The van der Waals surface area contributed by atoms with Gasteiger partial charge in [0.05, 0.1) is 6.61 Å². The van der Waals surface area contributed by atoms with Crippen LogP contribution in [-0.2, 0) is 4.74 Å². The monoisotopic (exact) mass is 325 g/mol. The first-order valence-corrected chi connectivity index (χ1v) is 7.85. The average Bonchev–Trinajstić information content (AvgIpc) is 2.40. The lowest BCUT2D eigenvalue weighted by Crippen LogP contribution is -2.49. The van der Waals surface area contributed by atoms with E-state index in [0.717, 1.165) is 19.7 Å². The molecule has 1 aromatic carbocycles. The molecule has 1 N–H and O–H groups in total. The standard InChI is InChI=1S/C16H24BrNO/c1-12(2)16(11-19-3)8-9-18-10-14(16)13-6-4-5-7-15(13)17/h4-7,12,14,18H,8-11H2,1-3H3. The van der Waals surface area contributed by atoms with E-state index in [9.17, 15) is 0 Å². The summed E-state index contributed by atoms with van der Waals surface area (Å²) in [5.74, 6) is 1.10. The van der Waals surface area contributed by atoms with Crippen molar-refractivity contribution in [2.24, 2.45) is 11.3 Å². The van der Waals surface area contributed by atoms with Crippen LogP contribution in [-0.4, -0.2) is 26.8 Å². The molecule has 0 saturated carbocycles. The Morgan fingerprint density at radius 3 is 2.79 bits per heavy atom. The van der Waals surface area contributed by atoms with Crippen molar-refractivity contribution in [2.45, 2.75) is 26.2 Å². The number of hydrogen-bond donors (Lipinski definition) is 1.